The smallest absolute Gasteiger partial charge is 0.382 e. The number of alkyl halides is 20. The molecule has 10 nitrogen and oxygen atoms in total. The van der Waals surface area contributed by atoms with Crippen LogP contribution in [0.25, 0.3) is 0 Å². The maximum absolute atomic E-state index is 15.7. The second kappa shape index (κ2) is 30.5. The van der Waals surface area contributed by atoms with Crippen molar-refractivity contribution in [3.05, 3.63) is 174 Å². The Kier molecular flexibility index (Phi) is 26.4. The molecule has 2 aliphatic rings. The number of amides is 3. The fourth-order valence-electron chi connectivity index (χ4n) is 7.97. The molecule has 6 aromatic rings. The van der Waals surface area contributed by atoms with Gasteiger partial charge in [-0.05, 0) is 154 Å². The van der Waals surface area contributed by atoms with Crippen molar-refractivity contribution in [2.24, 2.45) is 11.8 Å². The van der Waals surface area contributed by atoms with E-state index in [1.807, 2.05) is 0 Å². The summed E-state index contributed by atoms with van der Waals surface area (Å²) in [6, 6.07) is 8.64. The van der Waals surface area contributed by atoms with E-state index in [9.17, 15) is 120 Å². The summed E-state index contributed by atoms with van der Waals surface area (Å²) in [5.74, 6) is -7.92. The summed E-state index contributed by atoms with van der Waals surface area (Å²) >= 11 is 9.79. The number of aromatic nitrogens is 2. The Balaban J connectivity index is 0.000000421. The van der Waals surface area contributed by atoms with Gasteiger partial charge in [0.2, 0.25) is 11.9 Å². The van der Waals surface area contributed by atoms with Gasteiger partial charge in [-0.25, -0.2) is 27.5 Å². The Bertz CT molecular complexity index is 3670. The monoisotopic (exact) mass is 1560 g/mol. The van der Waals surface area contributed by atoms with Crippen molar-refractivity contribution in [2.75, 3.05) is 33.9 Å². The first-order valence-corrected chi connectivity index (χ1v) is 26.9. The minimum atomic E-state index is -6.74. The number of hydrogen-bond acceptors (Lipinski definition) is 7. The number of hydrogen-bond donors (Lipinski definition) is 3. The van der Waals surface area contributed by atoms with Gasteiger partial charge < -0.3 is 20.9 Å². The SMILES string of the molecule is C.C.O=C(Cl)c1ccc(F)nc1.O=C(Nc1c(Br)cc(C(F)(C(F)(F)F)C(F)(F)F)cc1C(F)(F)F)c1cccc(N(CC2CC2)C(=O)c2ccc(F)nc2)c1F.O=C(Nc1c(Br)cc(C(F)(C(F)(F)F)C(F)(F)F)cc1C(F)(F)F)c1cccc(NCC2CC2)c1F.[V]. The standard InChI is InChI=1S/C27H16BrF12N3O2.C21H14BrF11N2O.C6H3ClFNO.2CH4.V/c28-17-9-14(24(31,26(35,36)37)27(38,39)40)8-16(25(32,33)34)21(17)42-22(44)15-2-1-3-18(20(15)30)43(11-12-4-5-12)23(45)13-6-7-19(29)41-10-13;22-13-7-10(18(24,20(28,29)30)21(31,32)33)6-12(19(25,26)27)16(13)35-17(36)11-2-1-3-14(15(11)23)34-8-9-4-5-9;7-6(10)4-1-2-5(8)9-3-4;;;/h1-3,6-10,12H,4-5,11H2,(H,42,44);1-3,6-7,9,34H,4-5,8H2,(H,35,36);1-3H;2*1H4;. The van der Waals surface area contributed by atoms with E-state index in [4.69, 9.17) is 11.6 Å². The van der Waals surface area contributed by atoms with Gasteiger partial charge in [0.05, 0.1) is 56.1 Å². The number of pyridine rings is 2. The maximum Gasteiger partial charge on any atom is 0.435 e. The van der Waals surface area contributed by atoms with E-state index in [1.165, 1.54) is 18.2 Å². The van der Waals surface area contributed by atoms with Crippen molar-refractivity contribution in [3.63, 3.8) is 0 Å². The number of anilines is 4. The Morgan fingerprint density at radius 3 is 1.26 bits per heavy atom. The van der Waals surface area contributed by atoms with E-state index in [-0.39, 0.29) is 74.8 Å². The molecule has 0 aliphatic heterocycles. The molecule has 513 valence electrons. The molecule has 38 heteroatoms. The predicted molar refractivity (Wildman–Crippen MR) is 294 cm³/mol. The maximum atomic E-state index is 15.7. The number of nitrogens with zero attached hydrogens (tertiary/aromatic N) is 3. The van der Waals surface area contributed by atoms with Gasteiger partial charge in [-0.1, -0.05) is 27.0 Å². The molecule has 3 amide bonds. The first kappa shape index (κ1) is 81.4. The fourth-order valence-corrected chi connectivity index (χ4v) is 9.20. The zero-order valence-corrected chi connectivity index (χ0v) is 50.1. The third-order valence-electron chi connectivity index (χ3n) is 13.0. The number of benzene rings is 4. The van der Waals surface area contributed by atoms with Crippen molar-refractivity contribution in [1.29, 1.82) is 0 Å². The van der Waals surface area contributed by atoms with Gasteiger partial charge in [0.15, 0.2) is 11.6 Å². The summed E-state index contributed by atoms with van der Waals surface area (Å²) < 4.78 is 323. The van der Waals surface area contributed by atoms with Gasteiger partial charge >= 0.3 is 48.4 Å². The average molecular weight is 1560 g/mol. The molecule has 94 heavy (non-hydrogen) atoms. The van der Waals surface area contributed by atoms with Gasteiger partial charge in [0, 0.05) is 64.1 Å². The fraction of sp³-hybridized carbons (Fsp3) is 0.321. The Hall–Kier alpha value is -6.79. The molecule has 2 fully saturated rings. The second-order valence-corrected chi connectivity index (χ2v) is 21.5. The molecule has 1 radical (unpaired) electrons. The molecule has 2 saturated carbocycles. The quantitative estimate of drug-likeness (QED) is 0.0562. The van der Waals surface area contributed by atoms with Crippen molar-refractivity contribution < 1.29 is 143 Å². The molecule has 4 aromatic carbocycles. The second-order valence-electron chi connectivity index (χ2n) is 19.5. The summed E-state index contributed by atoms with van der Waals surface area (Å²) in [7, 11) is 0. The van der Waals surface area contributed by atoms with Crippen LogP contribution < -0.4 is 20.9 Å². The largest absolute Gasteiger partial charge is 0.435 e. The summed E-state index contributed by atoms with van der Waals surface area (Å²) in [5.41, 5.74) is -27.0. The molecule has 3 N–H and O–H groups in total. The van der Waals surface area contributed by atoms with Crippen LogP contribution in [0.2, 0.25) is 0 Å². The minimum Gasteiger partial charge on any atom is -0.382 e. The minimum absolute atomic E-state index is 0. The van der Waals surface area contributed by atoms with Crippen LogP contribution in [-0.2, 0) is 42.2 Å². The van der Waals surface area contributed by atoms with Gasteiger partial charge in [0.25, 0.3) is 23.0 Å². The first-order chi connectivity index (χ1) is 41.7. The molecule has 0 bridgehead atoms. The molecule has 0 spiro atoms. The molecular weight excluding hydrogens is 1520 g/mol. The van der Waals surface area contributed by atoms with Crippen LogP contribution in [0.1, 0.15) is 104 Å². The van der Waals surface area contributed by atoms with Gasteiger partial charge in [0.1, 0.15) is 0 Å². The summed E-state index contributed by atoms with van der Waals surface area (Å²) in [6.07, 6.45) is -33.2. The molecule has 2 heterocycles. The van der Waals surface area contributed by atoms with Crippen LogP contribution in [0.5, 0.6) is 0 Å². The Morgan fingerprint density at radius 1 is 0.521 bits per heavy atom. The van der Waals surface area contributed by atoms with Crippen LogP contribution in [0.15, 0.2) is 106 Å². The Labute approximate surface area is 548 Å². The molecule has 8 rings (SSSR count). The van der Waals surface area contributed by atoms with Crippen LogP contribution in [0, 0.1) is 35.4 Å². The summed E-state index contributed by atoms with van der Waals surface area (Å²) in [5, 5.41) is 5.35. The zero-order chi connectivity index (χ0) is 68.5. The normalized spacial score (nSPS) is 13.6. The van der Waals surface area contributed by atoms with Crippen molar-refractivity contribution in [3.8, 4) is 0 Å². The van der Waals surface area contributed by atoms with E-state index in [0.29, 0.717) is 25.3 Å². The molecule has 2 aromatic heterocycles. The van der Waals surface area contributed by atoms with E-state index in [2.05, 4.69) is 47.1 Å². The molecule has 0 unspecified atom stereocenters. The van der Waals surface area contributed by atoms with E-state index >= 15 is 4.39 Å². The Morgan fingerprint density at radius 2 is 0.904 bits per heavy atom. The van der Waals surface area contributed by atoms with Crippen molar-refractivity contribution in [2.45, 2.75) is 88.9 Å². The third-order valence-corrected chi connectivity index (χ3v) is 14.4. The molecular formula is C56H41Br2ClF24N6O4V. The van der Waals surface area contributed by atoms with Crippen molar-refractivity contribution >= 4 is 89.2 Å². The zero-order valence-electron chi connectivity index (χ0n) is 44.8. The summed E-state index contributed by atoms with van der Waals surface area (Å²) in [6.45, 7) is 0.295. The summed E-state index contributed by atoms with van der Waals surface area (Å²) in [4.78, 5) is 56.6. The van der Waals surface area contributed by atoms with Crippen LogP contribution in [-0.4, -0.2) is 70.7 Å². The first-order valence-electron chi connectivity index (χ1n) is 24.9. The number of halogens is 27. The van der Waals surface area contributed by atoms with E-state index in [0.717, 1.165) is 72.6 Å². The van der Waals surface area contributed by atoms with E-state index in [1.54, 1.807) is 10.6 Å². The van der Waals surface area contributed by atoms with Crippen LogP contribution in [0.3, 0.4) is 0 Å². The van der Waals surface area contributed by atoms with Crippen molar-refractivity contribution in [1.82, 2.24) is 9.97 Å². The number of rotatable bonds is 14. The molecule has 0 saturated heterocycles. The average Bonchev–Trinajstić information content (AvgIpc) is 1.22. The van der Waals surface area contributed by atoms with Crippen LogP contribution in [0.4, 0.5) is 128 Å². The molecule has 0 atom stereocenters. The van der Waals surface area contributed by atoms with E-state index < -0.39 is 166 Å². The topological polar surface area (TPSA) is 133 Å². The predicted octanol–water partition coefficient (Wildman–Crippen LogP) is 19.6. The van der Waals surface area contributed by atoms with Gasteiger partial charge in [-0.3, -0.25) is 19.2 Å². The van der Waals surface area contributed by atoms with Gasteiger partial charge in [-0.15, -0.1) is 0 Å². The molecule has 2 aliphatic carbocycles. The number of carbonyl (C=O) groups excluding carboxylic acids is 4. The van der Waals surface area contributed by atoms with Gasteiger partial charge in [-0.2, -0.15) is 87.8 Å². The van der Waals surface area contributed by atoms with Crippen LogP contribution >= 0.6 is 43.5 Å². The number of carbonyl (C=O) groups is 4. The number of nitrogens with one attached hydrogen (secondary N) is 3. The third kappa shape index (κ3) is 18.6.